The summed E-state index contributed by atoms with van der Waals surface area (Å²) in [7, 11) is 0. The zero-order chi connectivity index (χ0) is 17.0. The van der Waals surface area contributed by atoms with E-state index in [-0.39, 0.29) is 22.6 Å². The lowest BCUT2D eigenvalue weighted by Gasteiger charge is -2.38. The molecule has 1 aliphatic carbocycles. The van der Waals surface area contributed by atoms with Gasteiger partial charge in [-0.15, -0.1) is 0 Å². The van der Waals surface area contributed by atoms with Crippen LogP contribution in [-0.4, -0.2) is 22.6 Å². The molecule has 1 aromatic carbocycles. The fraction of sp³-hybridized carbons (Fsp3) is 0.389. The van der Waals surface area contributed by atoms with E-state index in [1.54, 1.807) is 0 Å². The highest BCUT2D eigenvalue weighted by Gasteiger charge is 2.34. The molecule has 0 bridgehead atoms. The zero-order valence-electron chi connectivity index (χ0n) is 13.3. The molecule has 1 saturated carbocycles. The number of halogens is 1. The molecular formula is C18H20ClN3O2. The van der Waals surface area contributed by atoms with Crippen molar-refractivity contribution in [2.24, 2.45) is 0 Å². The van der Waals surface area contributed by atoms with Gasteiger partial charge in [0.1, 0.15) is 5.69 Å². The van der Waals surface area contributed by atoms with Crippen molar-refractivity contribution in [2.45, 2.75) is 37.5 Å². The number of rotatable bonds is 4. The zero-order valence-corrected chi connectivity index (χ0v) is 14.1. The van der Waals surface area contributed by atoms with Gasteiger partial charge >= 0.3 is 0 Å². The normalized spacial score (nSPS) is 16.5. The van der Waals surface area contributed by atoms with Crippen molar-refractivity contribution in [3.05, 3.63) is 63.0 Å². The first-order chi connectivity index (χ1) is 11.6. The first-order valence-electron chi connectivity index (χ1n) is 8.19. The highest BCUT2D eigenvalue weighted by atomic mass is 35.5. The Labute approximate surface area is 145 Å². The largest absolute Gasteiger partial charge is 0.350 e. The molecule has 24 heavy (non-hydrogen) atoms. The molecule has 6 heteroatoms. The van der Waals surface area contributed by atoms with E-state index >= 15 is 0 Å². The third-order valence-corrected chi connectivity index (χ3v) is 5.02. The average Bonchev–Trinajstić information content (AvgIpc) is 2.62. The van der Waals surface area contributed by atoms with Crippen LogP contribution in [0.2, 0.25) is 5.02 Å². The molecular weight excluding hydrogens is 326 g/mol. The van der Waals surface area contributed by atoms with Gasteiger partial charge in [-0.2, -0.15) is 5.10 Å². The predicted octanol–water partition coefficient (Wildman–Crippen LogP) is 3.06. The molecule has 0 atom stereocenters. The monoisotopic (exact) mass is 345 g/mol. The fourth-order valence-corrected chi connectivity index (χ4v) is 3.54. The summed E-state index contributed by atoms with van der Waals surface area (Å²) >= 11 is 6.01. The summed E-state index contributed by atoms with van der Waals surface area (Å²) in [6, 6.07) is 10.6. The van der Waals surface area contributed by atoms with Crippen molar-refractivity contribution < 1.29 is 4.79 Å². The van der Waals surface area contributed by atoms with Crippen LogP contribution in [0.15, 0.2) is 41.2 Å². The van der Waals surface area contributed by atoms with E-state index < -0.39 is 0 Å². The van der Waals surface area contributed by atoms with E-state index in [2.05, 4.69) is 27.6 Å². The minimum atomic E-state index is -0.323. The van der Waals surface area contributed by atoms with Crippen LogP contribution in [0.5, 0.6) is 0 Å². The first-order valence-corrected chi connectivity index (χ1v) is 8.57. The van der Waals surface area contributed by atoms with Crippen molar-refractivity contribution in [2.75, 3.05) is 6.54 Å². The van der Waals surface area contributed by atoms with Gasteiger partial charge in [-0.3, -0.25) is 9.59 Å². The number of benzene rings is 1. The SMILES string of the molecule is O=C(NCC1(c2ccc(Cl)cc2)CCCCC1)c1ccc(=O)[nH]n1. The number of amides is 1. The molecule has 0 spiro atoms. The van der Waals surface area contributed by atoms with Gasteiger partial charge in [-0.1, -0.05) is 43.0 Å². The number of nitrogens with one attached hydrogen (secondary N) is 2. The third kappa shape index (κ3) is 3.67. The number of hydrogen-bond donors (Lipinski definition) is 2. The Morgan fingerprint density at radius 2 is 1.83 bits per heavy atom. The average molecular weight is 346 g/mol. The Bertz CT molecular complexity index is 744. The smallest absolute Gasteiger partial charge is 0.271 e. The number of aromatic amines is 1. The highest BCUT2D eigenvalue weighted by molar-refractivity contribution is 6.30. The number of hydrogen-bond acceptors (Lipinski definition) is 3. The maximum absolute atomic E-state index is 12.3. The first kappa shape index (κ1) is 16.7. The van der Waals surface area contributed by atoms with E-state index in [4.69, 9.17) is 11.6 Å². The second-order valence-electron chi connectivity index (χ2n) is 6.34. The summed E-state index contributed by atoms with van der Waals surface area (Å²) in [6.45, 7) is 0.550. The molecule has 1 fully saturated rings. The van der Waals surface area contributed by atoms with Gasteiger partial charge in [0, 0.05) is 23.0 Å². The van der Waals surface area contributed by atoms with E-state index in [0.717, 1.165) is 25.7 Å². The Morgan fingerprint density at radius 1 is 1.12 bits per heavy atom. The van der Waals surface area contributed by atoms with E-state index in [1.807, 2.05) is 12.1 Å². The lowest BCUT2D eigenvalue weighted by Crippen LogP contribution is -2.42. The van der Waals surface area contributed by atoms with Crippen molar-refractivity contribution in [1.82, 2.24) is 15.5 Å². The van der Waals surface area contributed by atoms with Crippen LogP contribution in [0.3, 0.4) is 0 Å². The van der Waals surface area contributed by atoms with Crippen LogP contribution in [0.25, 0.3) is 0 Å². The van der Waals surface area contributed by atoms with Crippen molar-refractivity contribution in [3.8, 4) is 0 Å². The Balaban J connectivity index is 1.77. The third-order valence-electron chi connectivity index (χ3n) is 4.77. The summed E-state index contributed by atoms with van der Waals surface area (Å²) in [4.78, 5) is 23.4. The molecule has 3 rings (SSSR count). The van der Waals surface area contributed by atoms with Gasteiger partial charge in [0.05, 0.1) is 0 Å². The van der Waals surface area contributed by atoms with Crippen LogP contribution in [-0.2, 0) is 5.41 Å². The molecule has 0 saturated heterocycles. The minimum absolute atomic E-state index is 0.0688. The number of carbonyl (C=O) groups is 1. The van der Waals surface area contributed by atoms with E-state index in [1.165, 1.54) is 24.1 Å². The van der Waals surface area contributed by atoms with E-state index in [9.17, 15) is 9.59 Å². The maximum Gasteiger partial charge on any atom is 0.271 e. The summed E-state index contributed by atoms with van der Waals surface area (Å²) in [5.41, 5.74) is 1.04. The summed E-state index contributed by atoms with van der Waals surface area (Å²) in [5.74, 6) is -0.273. The Kier molecular flexibility index (Phi) is 5.00. The Morgan fingerprint density at radius 3 is 2.46 bits per heavy atom. The van der Waals surface area contributed by atoms with Gasteiger partial charge in [-0.25, -0.2) is 5.10 Å². The molecule has 1 aliphatic rings. The molecule has 0 aliphatic heterocycles. The van der Waals surface area contributed by atoms with Gasteiger partial charge in [0.2, 0.25) is 0 Å². The van der Waals surface area contributed by atoms with Gasteiger partial charge in [-0.05, 0) is 36.6 Å². The van der Waals surface area contributed by atoms with Gasteiger partial charge in [0.25, 0.3) is 11.5 Å². The van der Waals surface area contributed by atoms with Crippen molar-refractivity contribution in [1.29, 1.82) is 0 Å². The second-order valence-corrected chi connectivity index (χ2v) is 6.77. The van der Waals surface area contributed by atoms with Crippen LogP contribution < -0.4 is 10.9 Å². The lowest BCUT2D eigenvalue weighted by molar-refractivity contribution is 0.0930. The number of nitrogens with zero attached hydrogens (tertiary/aromatic N) is 1. The number of H-pyrrole nitrogens is 1. The molecule has 1 amide bonds. The van der Waals surface area contributed by atoms with E-state index in [0.29, 0.717) is 11.6 Å². The molecule has 0 unspecified atom stereocenters. The van der Waals surface area contributed by atoms with Gasteiger partial charge < -0.3 is 5.32 Å². The fourth-order valence-electron chi connectivity index (χ4n) is 3.41. The number of aromatic nitrogens is 2. The minimum Gasteiger partial charge on any atom is -0.350 e. The molecule has 126 valence electrons. The Hall–Kier alpha value is -2.14. The molecule has 2 N–H and O–H groups in total. The van der Waals surface area contributed by atoms with Crippen LogP contribution >= 0.6 is 11.6 Å². The number of carbonyl (C=O) groups excluding carboxylic acids is 1. The van der Waals surface area contributed by atoms with Crippen LogP contribution in [0.4, 0.5) is 0 Å². The van der Waals surface area contributed by atoms with Crippen molar-refractivity contribution in [3.63, 3.8) is 0 Å². The summed E-state index contributed by atoms with van der Waals surface area (Å²) in [6.07, 6.45) is 5.59. The second kappa shape index (κ2) is 7.18. The lowest BCUT2D eigenvalue weighted by atomic mass is 9.69. The topological polar surface area (TPSA) is 74.8 Å². The standard InChI is InChI=1S/C18H20ClN3O2/c19-14-6-4-13(5-7-14)18(10-2-1-3-11-18)12-20-17(24)15-8-9-16(23)22-21-15/h4-9H,1-3,10-12H2,(H,20,24)(H,22,23). The molecule has 5 nitrogen and oxygen atoms in total. The van der Waals surface area contributed by atoms with Crippen molar-refractivity contribution >= 4 is 17.5 Å². The predicted molar refractivity (Wildman–Crippen MR) is 93.4 cm³/mol. The maximum atomic E-state index is 12.3. The molecule has 0 radical (unpaired) electrons. The van der Waals surface area contributed by atoms with Gasteiger partial charge in [0.15, 0.2) is 0 Å². The molecule has 2 aromatic rings. The highest BCUT2D eigenvalue weighted by Crippen LogP contribution is 2.39. The summed E-state index contributed by atoms with van der Waals surface area (Å²) in [5, 5.41) is 9.77. The molecule has 1 aromatic heterocycles. The molecule has 1 heterocycles. The van der Waals surface area contributed by atoms with Crippen LogP contribution in [0, 0.1) is 0 Å². The van der Waals surface area contributed by atoms with Crippen LogP contribution in [0.1, 0.15) is 48.2 Å². The summed E-state index contributed by atoms with van der Waals surface area (Å²) < 4.78 is 0. The quantitative estimate of drug-likeness (QED) is 0.894.